The third-order valence-electron chi connectivity index (χ3n) is 3.30. The largest absolute Gasteiger partial charge is 0.350 e. The Hall–Kier alpha value is -1.65. The highest BCUT2D eigenvalue weighted by atomic mass is 35.5. The number of aryl methyl sites for hydroxylation is 1. The molecule has 21 heavy (non-hydrogen) atoms. The minimum atomic E-state index is 0.571. The predicted octanol–water partition coefficient (Wildman–Crippen LogP) is 4.25. The van der Waals surface area contributed by atoms with Crippen LogP contribution in [0, 0.1) is 6.92 Å². The van der Waals surface area contributed by atoms with Crippen molar-refractivity contribution >= 4 is 39.0 Å². The van der Waals surface area contributed by atoms with Crippen molar-refractivity contribution in [2.24, 2.45) is 0 Å². The molecule has 0 aliphatic heterocycles. The average molecular weight is 318 g/mol. The third kappa shape index (κ3) is 3.17. The minimum absolute atomic E-state index is 0.571. The van der Waals surface area contributed by atoms with E-state index < -0.39 is 0 Å². The minimum Gasteiger partial charge on any atom is -0.350 e. The summed E-state index contributed by atoms with van der Waals surface area (Å²) in [5, 5.41) is 1.11. The van der Waals surface area contributed by atoms with Crippen molar-refractivity contribution in [1.29, 1.82) is 0 Å². The number of halogens is 1. The molecule has 0 spiro atoms. The van der Waals surface area contributed by atoms with Crippen molar-refractivity contribution < 1.29 is 0 Å². The van der Waals surface area contributed by atoms with Crippen LogP contribution in [0.15, 0.2) is 42.7 Å². The summed E-state index contributed by atoms with van der Waals surface area (Å²) < 4.78 is 0. The summed E-state index contributed by atoms with van der Waals surface area (Å²) in [5.74, 6) is 1.54. The number of anilines is 1. The van der Waals surface area contributed by atoms with Crippen LogP contribution in [0.1, 0.15) is 10.4 Å². The molecule has 3 rings (SSSR count). The number of fused-ring (bicyclic) bond motifs is 1. The van der Waals surface area contributed by atoms with E-state index in [9.17, 15) is 0 Å². The molecule has 2 heterocycles. The number of nitrogens with zero attached hydrogens (tertiary/aromatic N) is 3. The van der Waals surface area contributed by atoms with E-state index in [4.69, 9.17) is 11.6 Å². The van der Waals surface area contributed by atoms with Gasteiger partial charge in [0.15, 0.2) is 0 Å². The first-order chi connectivity index (χ1) is 10.3. The summed E-state index contributed by atoms with van der Waals surface area (Å²) in [7, 11) is 0. The summed E-state index contributed by atoms with van der Waals surface area (Å²) in [6.07, 6.45) is 1.64. The highest BCUT2D eigenvalue weighted by molar-refractivity contribution is 7.18. The molecule has 0 saturated heterocycles. The topological polar surface area (TPSA) is 29.0 Å². The molecule has 0 aliphatic carbocycles. The molecular weight excluding hydrogens is 302 g/mol. The van der Waals surface area contributed by atoms with Crippen LogP contribution < -0.4 is 4.90 Å². The van der Waals surface area contributed by atoms with Gasteiger partial charge >= 0.3 is 0 Å². The van der Waals surface area contributed by atoms with Gasteiger partial charge in [0.05, 0.1) is 5.39 Å². The highest BCUT2D eigenvalue weighted by Gasteiger charge is 2.14. The van der Waals surface area contributed by atoms with Crippen LogP contribution in [0.3, 0.4) is 0 Å². The second-order valence-corrected chi connectivity index (χ2v) is 6.48. The molecule has 0 aliphatic rings. The van der Waals surface area contributed by atoms with Crippen molar-refractivity contribution in [3.05, 3.63) is 53.2 Å². The van der Waals surface area contributed by atoms with Crippen molar-refractivity contribution in [2.75, 3.05) is 17.3 Å². The number of alkyl halides is 1. The van der Waals surface area contributed by atoms with Gasteiger partial charge in [-0.25, -0.2) is 9.97 Å². The van der Waals surface area contributed by atoms with Crippen LogP contribution in [0.2, 0.25) is 0 Å². The van der Waals surface area contributed by atoms with Crippen LogP contribution >= 0.6 is 22.9 Å². The fraction of sp³-hybridized carbons (Fsp3) is 0.250. The molecule has 3 nitrogen and oxygen atoms in total. The zero-order chi connectivity index (χ0) is 14.7. The first-order valence-corrected chi connectivity index (χ1v) is 8.19. The number of hydrogen-bond donors (Lipinski definition) is 0. The Morgan fingerprint density at radius 2 is 2.00 bits per heavy atom. The maximum atomic E-state index is 5.99. The van der Waals surface area contributed by atoms with Crippen molar-refractivity contribution in [3.8, 4) is 0 Å². The lowest BCUT2D eigenvalue weighted by molar-refractivity contribution is 0.820. The molecule has 2 aromatic heterocycles. The number of rotatable bonds is 5. The molecule has 108 valence electrons. The Bertz CT molecular complexity index is 727. The van der Waals surface area contributed by atoms with Gasteiger partial charge in [0, 0.05) is 23.8 Å². The van der Waals surface area contributed by atoms with E-state index >= 15 is 0 Å². The van der Waals surface area contributed by atoms with Crippen molar-refractivity contribution in [3.63, 3.8) is 0 Å². The lowest BCUT2D eigenvalue weighted by atomic mass is 10.2. The third-order valence-corrected chi connectivity index (χ3v) is 4.43. The zero-order valence-electron chi connectivity index (χ0n) is 11.8. The van der Waals surface area contributed by atoms with E-state index in [2.05, 4.69) is 52.1 Å². The standard InChI is InChI=1S/C16H16ClN3S/c1-12-9-14-15(18-11-19-16(14)21-12)20(8-7-17)10-13-5-3-2-4-6-13/h2-6,9,11H,7-8,10H2,1H3. The van der Waals surface area contributed by atoms with Gasteiger partial charge in [0.1, 0.15) is 17.0 Å². The normalized spacial score (nSPS) is 11.0. The lowest BCUT2D eigenvalue weighted by Crippen LogP contribution is -2.26. The molecule has 0 radical (unpaired) electrons. The van der Waals surface area contributed by atoms with Crippen LogP contribution in [0.25, 0.3) is 10.2 Å². The average Bonchev–Trinajstić information content (AvgIpc) is 2.88. The maximum absolute atomic E-state index is 5.99. The first kappa shape index (κ1) is 14.3. The smallest absolute Gasteiger partial charge is 0.141 e. The molecular formula is C16H16ClN3S. The van der Waals surface area contributed by atoms with Gasteiger partial charge in [-0.15, -0.1) is 22.9 Å². The second-order valence-electron chi connectivity index (χ2n) is 4.87. The van der Waals surface area contributed by atoms with Gasteiger partial charge in [-0.05, 0) is 18.6 Å². The molecule has 0 atom stereocenters. The summed E-state index contributed by atoms with van der Waals surface area (Å²) >= 11 is 7.68. The molecule has 0 fully saturated rings. The maximum Gasteiger partial charge on any atom is 0.141 e. The van der Waals surface area contributed by atoms with Gasteiger partial charge < -0.3 is 4.90 Å². The number of benzene rings is 1. The quantitative estimate of drug-likeness (QED) is 0.659. The molecule has 0 N–H and O–H groups in total. The molecule has 3 aromatic rings. The molecule has 0 amide bonds. The lowest BCUT2D eigenvalue weighted by Gasteiger charge is -2.23. The Balaban J connectivity index is 1.99. The van der Waals surface area contributed by atoms with Crippen LogP contribution in [-0.4, -0.2) is 22.4 Å². The number of thiophene rings is 1. The van der Waals surface area contributed by atoms with Crippen LogP contribution in [0.5, 0.6) is 0 Å². The summed E-state index contributed by atoms with van der Waals surface area (Å²) in [4.78, 5) is 13.4. The summed E-state index contributed by atoms with van der Waals surface area (Å²) in [6.45, 7) is 3.66. The Morgan fingerprint density at radius 3 is 2.76 bits per heavy atom. The Kier molecular flexibility index (Phi) is 4.36. The fourth-order valence-electron chi connectivity index (χ4n) is 2.38. The SMILES string of the molecule is Cc1cc2c(N(CCCl)Cc3ccccc3)ncnc2s1. The van der Waals surface area contributed by atoms with E-state index in [1.54, 1.807) is 17.7 Å². The molecule has 0 saturated carbocycles. The van der Waals surface area contributed by atoms with E-state index in [0.29, 0.717) is 5.88 Å². The fourth-order valence-corrected chi connectivity index (χ4v) is 3.43. The number of aromatic nitrogens is 2. The van der Waals surface area contributed by atoms with Crippen molar-refractivity contribution in [2.45, 2.75) is 13.5 Å². The van der Waals surface area contributed by atoms with Gasteiger partial charge in [-0.3, -0.25) is 0 Å². The first-order valence-electron chi connectivity index (χ1n) is 6.84. The van der Waals surface area contributed by atoms with Crippen molar-refractivity contribution in [1.82, 2.24) is 9.97 Å². The van der Waals surface area contributed by atoms with E-state index in [1.165, 1.54) is 10.4 Å². The van der Waals surface area contributed by atoms with Crippen LogP contribution in [-0.2, 0) is 6.54 Å². The van der Waals surface area contributed by atoms with Gasteiger partial charge in [0.25, 0.3) is 0 Å². The van der Waals surface area contributed by atoms with E-state index in [0.717, 1.165) is 29.1 Å². The molecule has 0 bridgehead atoms. The zero-order valence-corrected chi connectivity index (χ0v) is 13.4. The molecule has 1 aromatic carbocycles. The predicted molar refractivity (Wildman–Crippen MR) is 90.4 cm³/mol. The monoisotopic (exact) mass is 317 g/mol. The highest BCUT2D eigenvalue weighted by Crippen LogP contribution is 2.30. The number of hydrogen-bond acceptors (Lipinski definition) is 4. The summed E-state index contributed by atoms with van der Waals surface area (Å²) in [6, 6.07) is 12.5. The van der Waals surface area contributed by atoms with E-state index in [-0.39, 0.29) is 0 Å². The molecule has 0 unspecified atom stereocenters. The van der Waals surface area contributed by atoms with Gasteiger partial charge in [-0.1, -0.05) is 30.3 Å². The van der Waals surface area contributed by atoms with Crippen LogP contribution in [0.4, 0.5) is 5.82 Å². The van der Waals surface area contributed by atoms with Gasteiger partial charge in [-0.2, -0.15) is 0 Å². The van der Waals surface area contributed by atoms with Gasteiger partial charge in [0.2, 0.25) is 0 Å². The Morgan fingerprint density at radius 1 is 1.19 bits per heavy atom. The second kappa shape index (κ2) is 6.41. The Labute approximate surface area is 133 Å². The molecule has 5 heteroatoms. The summed E-state index contributed by atoms with van der Waals surface area (Å²) in [5.41, 5.74) is 1.25. The van der Waals surface area contributed by atoms with E-state index in [1.807, 2.05) is 6.07 Å².